The van der Waals surface area contributed by atoms with Gasteiger partial charge in [-0.3, -0.25) is 9.59 Å². The van der Waals surface area contributed by atoms with E-state index in [0.29, 0.717) is 39.2 Å². The third-order valence-electron chi connectivity index (χ3n) is 5.01. The van der Waals surface area contributed by atoms with Crippen LogP contribution >= 0.6 is 23.4 Å². The lowest BCUT2D eigenvalue weighted by Crippen LogP contribution is -2.23. The number of ether oxygens (including phenoxy) is 2. The fourth-order valence-corrected chi connectivity index (χ4v) is 4.34. The lowest BCUT2D eigenvalue weighted by Gasteiger charge is -2.19. The van der Waals surface area contributed by atoms with Gasteiger partial charge in [-0.25, -0.2) is 0 Å². The highest BCUT2D eigenvalue weighted by Crippen LogP contribution is 2.40. The Labute approximate surface area is 200 Å². The van der Waals surface area contributed by atoms with Crippen LogP contribution in [0.3, 0.4) is 0 Å². The molecule has 4 rings (SSSR count). The first-order valence-electron chi connectivity index (χ1n) is 10.1. The van der Waals surface area contributed by atoms with E-state index < -0.39 is 0 Å². The Morgan fingerprint density at radius 3 is 2.52 bits per heavy atom. The molecule has 0 fully saturated rings. The Balaban J connectivity index is 1.48. The van der Waals surface area contributed by atoms with Crippen molar-refractivity contribution in [2.45, 2.75) is 11.4 Å². The lowest BCUT2D eigenvalue weighted by molar-refractivity contribution is -0.112. The Morgan fingerprint density at radius 2 is 1.79 bits per heavy atom. The van der Waals surface area contributed by atoms with Crippen LogP contribution in [0.15, 0.2) is 70.5 Å². The second kappa shape index (κ2) is 10.0. The predicted molar refractivity (Wildman–Crippen MR) is 131 cm³/mol. The summed E-state index contributed by atoms with van der Waals surface area (Å²) in [5.41, 5.74) is 2.83. The first-order chi connectivity index (χ1) is 16.0. The van der Waals surface area contributed by atoms with Gasteiger partial charge in [0.1, 0.15) is 0 Å². The average Bonchev–Trinajstić information content (AvgIpc) is 2.83. The molecule has 0 saturated carbocycles. The van der Waals surface area contributed by atoms with Gasteiger partial charge >= 0.3 is 0 Å². The number of carbonyl (C=O) groups is 2. The van der Waals surface area contributed by atoms with Gasteiger partial charge in [-0.05, 0) is 59.7 Å². The van der Waals surface area contributed by atoms with E-state index in [1.165, 1.54) is 11.8 Å². The first kappa shape index (κ1) is 22.8. The Kier molecular flexibility index (Phi) is 6.91. The third kappa shape index (κ3) is 5.32. The Morgan fingerprint density at radius 1 is 1.03 bits per heavy atom. The van der Waals surface area contributed by atoms with E-state index in [9.17, 15) is 9.59 Å². The van der Waals surface area contributed by atoms with Crippen molar-refractivity contribution in [2.24, 2.45) is 0 Å². The molecule has 3 aromatic rings. The maximum absolute atomic E-state index is 12.7. The first-order valence-corrected chi connectivity index (χ1v) is 11.3. The molecule has 0 saturated heterocycles. The number of nitrogens with one attached hydrogen (secondary N) is 2. The number of fused-ring (bicyclic) bond motifs is 1. The van der Waals surface area contributed by atoms with E-state index in [2.05, 4.69) is 10.6 Å². The van der Waals surface area contributed by atoms with Crippen molar-refractivity contribution in [3.8, 4) is 11.5 Å². The number of anilines is 1. The van der Waals surface area contributed by atoms with Crippen LogP contribution in [0.4, 0.5) is 5.69 Å². The standard InChI is InChI=1S/C25H21ClN2O4S/c1-31-20-9-5-16(11-21(20)32-2)12-23-25(30)28-19-13-17(6-10-22(19)33-23)24(29)27-14-15-3-7-18(26)8-4-15/h3-13H,14H2,1-2H3,(H,27,29)(H,28,30). The molecular formula is C25H21ClN2O4S. The van der Waals surface area contributed by atoms with Crippen LogP contribution in [-0.4, -0.2) is 26.0 Å². The maximum Gasteiger partial charge on any atom is 0.262 e. The molecule has 0 aliphatic carbocycles. The van der Waals surface area contributed by atoms with E-state index in [-0.39, 0.29) is 11.8 Å². The number of thioether (sulfide) groups is 1. The lowest BCUT2D eigenvalue weighted by atomic mass is 10.1. The fraction of sp³-hybridized carbons (Fsp3) is 0.120. The number of benzene rings is 3. The molecule has 2 amide bonds. The molecule has 8 heteroatoms. The van der Waals surface area contributed by atoms with Crippen LogP contribution in [0.2, 0.25) is 5.02 Å². The number of amides is 2. The summed E-state index contributed by atoms with van der Waals surface area (Å²) in [6, 6.07) is 18.0. The van der Waals surface area contributed by atoms with Crippen LogP contribution < -0.4 is 20.1 Å². The molecule has 3 aromatic carbocycles. The van der Waals surface area contributed by atoms with Crippen LogP contribution in [0.25, 0.3) is 6.08 Å². The molecule has 0 bridgehead atoms. The van der Waals surface area contributed by atoms with E-state index in [4.69, 9.17) is 21.1 Å². The van der Waals surface area contributed by atoms with Crippen LogP contribution in [0.5, 0.6) is 11.5 Å². The molecule has 1 heterocycles. The minimum Gasteiger partial charge on any atom is -0.493 e. The Bertz CT molecular complexity index is 1240. The highest BCUT2D eigenvalue weighted by Gasteiger charge is 2.22. The molecule has 0 atom stereocenters. The minimum atomic E-state index is -0.235. The topological polar surface area (TPSA) is 76.7 Å². The van der Waals surface area contributed by atoms with Crippen molar-refractivity contribution in [1.82, 2.24) is 5.32 Å². The maximum atomic E-state index is 12.7. The predicted octanol–water partition coefficient (Wildman–Crippen LogP) is 5.37. The van der Waals surface area contributed by atoms with E-state index in [1.54, 1.807) is 50.6 Å². The van der Waals surface area contributed by atoms with Crippen LogP contribution in [-0.2, 0) is 11.3 Å². The molecule has 168 valence electrons. The van der Waals surface area contributed by atoms with Gasteiger partial charge in [-0.1, -0.05) is 41.6 Å². The van der Waals surface area contributed by atoms with Gasteiger partial charge in [-0.15, -0.1) is 0 Å². The molecule has 2 N–H and O–H groups in total. The SMILES string of the molecule is COc1ccc(C=C2Sc3ccc(C(=O)NCc4ccc(Cl)cc4)cc3NC2=O)cc1OC. The van der Waals surface area contributed by atoms with Crippen LogP contribution in [0.1, 0.15) is 21.5 Å². The monoisotopic (exact) mass is 480 g/mol. The number of halogens is 1. The molecule has 0 aromatic heterocycles. The highest BCUT2D eigenvalue weighted by molar-refractivity contribution is 8.04. The molecule has 6 nitrogen and oxygen atoms in total. The summed E-state index contributed by atoms with van der Waals surface area (Å²) in [4.78, 5) is 26.7. The summed E-state index contributed by atoms with van der Waals surface area (Å²) < 4.78 is 10.6. The van der Waals surface area contributed by atoms with Gasteiger partial charge in [0.15, 0.2) is 11.5 Å². The average molecular weight is 481 g/mol. The Hall–Kier alpha value is -3.42. The van der Waals surface area contributed by atoms with E-state index in [0.717, 1.165) is 16.0 Å². The highest BCUT2D eigenvalue weighted by atomic mass is 35.5. The zero-order valence-electron chi connectivity index (χ0n) is 18.0. The number of carbonyl (C=O) groups excluding carboxylic acids is 2. The number of hydrogen-bond acceptors (Lipinski definition) is 5. The number of hydrogen-bond donors (Lipinski definition) is 2. The number of rotatable bonds is 6. The molecule has 33 heavy (non-hydrogen) atoms. The van der Waals surface area contributed by atoms with Crippen molar-refractivity contribution >= 4 is 46.9 Å². The smallest absolute Gasteiger partial charge is 0.262 e. The van der Waals surface area contributed by atoms with Crippen molar-refractivity contribution in [3.63, 3.8) is 0 Å². The fourth-order valence-electron chi connectivity index (χ4n) is 3.28. The second-order valence-electron chi connectivity index (χ2n) is 7.20. The second-order valence-corrected chi connectivity index (χ2v) is 8.72. The van der Waals surface area contributed by atoms with Gasteiger partial charge in [-0.2, -0.15) is 0 Å². The van der Waals surface area contributed by atoms with Gasteiger partial charge < -0.3 is 20.1 Å². The third-order valence-corrected chi connectivity index (χ3v) is 6.36. The summed E-state index contributed by atoms with van der Waals surface area (Å²) in [7, 11) is 3.14. The molecule has 0 unspecified atom stereocenters. The van der Waals surface area contributed by atoms with Gasteiger partial charge in [0, 0.05) is 22.0 Å². The quantitative estimate of drug-likeness (QED) is 0.464. The summed E-state index contributed by atoms with van der Waals surface area (Å²) >= 11 is 7.24. The molecule has 0 radical (unpaired) electrons. The normalized spacial score (nSPS) is 13.8. The zero-order chi connectivity index (χ0) is 23.4. The van der Waals surface area contributed by atoms with E-state index >= 15 is 0 Å². The van der Waals surface area contributed by atoms with Crippen molar-refractivity contribution < 1.29 is 19.1 Å². The van der Waals surface area contributed by atoms with Crippen molar-refractivity contribution in [1.29, 1.82) is 0 Å². The zero-order valence-corrected chi connectivity index (χ0v) is 19.5. The summed E-state index contributed by atoms with van der Waals surface area (Å²) in [6.45, 7) is 0.381. The minimum absolute atomic E-state index is 0.223. The molecule has 1 aliphatic heterocycles. The van der Waals surface area contributed by atoms with Crippen LogP contribution in [0, 0.1) is 0 Å². The summed E-state index contributed by atoms with van der Waals surface area (Å²) in [6.07, 6.45) is 1.79. The van der Waals surface area contributed by atoms with Crippen molar-refractivity contribution in [3.05, 3.63) is 87.3 Å². The largest absolute Gasteiger partial charge is 0.493 e. The molecular weight excluding hydrogens is 460 g/mol. The van der Waals surface area contributed by atoms with Gasteiger partial charge in [0.05, 0.1) is 24.8 Å². The van der Waals surface area contributed by atoms with Crippen molar-refractivity contribution in [2.75, 3.05) is 19.5 Å². The van der Waals surface area contributed by atoms with Gasteiger partial charge in [0.25, 0.3) is 11.8 Å². The molecule has 1 aliphatic rings. The van der Waals surface area contributed by atoms with Gasteiger partial charge in [0.2, 0.25) is 0 Å². The summed E-state index contributed by atoms with van der Waals surface area (Å²) in [5.74, 6) is 0.745. The summed E-state index contributed by atoms with van der Waals surface area (Å²) in [5, 5.41) is 6.40. The van der Waals surface area contributed by atoms with E-state index in [1.807, 2.05) is 30.3 Å². The molecule has 0 spiro atoms. The number of methoxy groups -OCH3 is 2.